The zero-order chi connectivity index (χ0) is 12.7. The van der Waals surface area contributed by atoms with Crippen LogP contribution in [-0.4, -0.2) is 22.3 Å². The van der Waals surface area contributed by atoms with E-state index in [2.05, 4.69) is 0 Å². The molecule has 1 aromatic carbocycles. The highest BCUT2D eigenvalue weighted by Gasteiger charge is 2.24. The smallest absolute Gasteiger partial charge is 0.332 e. The van der Waals surface area contributed by atoms with Crippen LogP contribution in [0.25, 0.3) is 0 Å². The van der Waals surface area contributed by atoms with E-state index in [0.717, 1.165) is 19.3 Å². The molecule has 0 saturated carbocycles. The molecular weight excluding hydrogens is 216 g/mol. The summed E-state index contributed by atoms with van der Waals surface area (Å²) in [6, 6.07) is 9.95. The van der Waals surface area contributed by atoms with Crippen molar-refractivity contribution in [3.63, 3.8) is 0 Å². The molecule has 1 rings (SSSR count). The number of aliphatic carboxylic acids is 1. The van der Waals surface area contributed by atoms with Gasteiger partial charge in [0.15, 0.2) is 6.10 Å². The van der Waals surface area contributed by atoms with Crippen molar-refractivity contribution in [2.75, 3.05) is 0 Å². The maximum atomic E-state index is 10.8. The fourth-order valence-corrected chi connectivity index (χ4v) is 2.03. The van der Waals surface area contributed by atoms with Crippen LogP contribution in [0.4, 0.5) is 0 Å². The first kappa shape index (κ1) is 13.7. The highest BCUT2D eigenvalue weighted by molar-refractivity contribution is 5.72. The lowest BCUT2D eigenvalue weighted by Crippen LogP contribution is -2.29. The summed E-state index contributed by atoms with van der Waals surface area (Å²) < 4.78 is 0. The van der Waals surface area contributed by atoms with Gasteiger partial charge in [0.25, 0.3) is 0 Å². The summed E-state index contributed by atoms with van der Waals surface area (Å²) in [4.78, 5) is 10.8. The molecule has 0 aliphatic carbocycles. The van der Waals surface area contributed by atoms with Crippen LogP contribution in [0.2, 0.25) is 0 Å². The maximum Gasteiger partial charge on any atom is 0.332 e. The molecule has 0 spiro atoms. The van der Waals surface area contributed by atoms with Crippen molar-refractivity contribution < 1.29 is 15.0 Å². The first-order valence-electron chi connectivity index (χ1n) is 6.10. The van der Waals surface area contributed by atoms with Gasteiger partial charge in [-0.25, -0.2) is 4.79 Å². The fraction of sp³-hybridized carbons (Fsp3) is 0.500. The summed E-state index contributed by atoms with van der Waals surface area (Å²) in [5.41, 5.74) is 1.19. The zero-order valence-corrected chi connectivity index (χ0v) is 10.2. The van der Waals surface area contributed by atoms with Crippen LogP contribution in [0.15, 0.2) is 30.3 Å². The third-order valence-corrected chi connectivity index (χ3v) is 3.01. The van der Waals surface area contributed by atoms with Crippen LogP contribution in [0.5, 0.6) is 0 Å². The minimum atomic E-state index is -1.24. The third-order valence-electron chi connectivity index (χ3n) is 3.01. The van der Waals surface area contributed by atoms with Gasteiger partial charge in [-0.05, 0) is 30.7 Å². The minimum absolute atomic E-state index is 0.155. The van der Waals surface area contributed by atoms with Gasteiger partial charge in [0.05, 0.1) is 0 Å². The summed E-state index contributed by atoms with van der Waals surface area (Å²) in [5, 5.41) is 18.4. The number of hydrogen-bond donors (Lipinski definition) is 2. The number of carbonyl (C=O) groups is 1. The Morgan fingerprint density at radius 2 is 1.88 bits per heavy atom. The quantitative estimate of drug-likeness (QED) is 0.764. The van der Waals surface area contributed by atoms with Crippen LogP contribution in [0, 0.1) is 5.92 Å². The van der Waals surface area contributed by atoms with Crippen LogP contribution in [0.1, 0.15) is 31.7 Å². The average Bonchev–Trinajstić information content (AvgIpc) is 2.34. The van der Waals surface area contributed by atoms with E-state index in [1.54, 1.807) is 0 Å². The highest BCUT2D eigenvalue weighted by atomic mass is 16.4. The van der Waals surface area contributed by atoms with Gasteiger partial charge in [-0.2, -0.15) is 0 Å². The topological polar surface area (TPSA) is 57.5 Å². The average molecular weight is 236 g/mol. The molecule has 0 saturated heterocycles. The van der Waals surface area contributed by atoms with E-state index in [4.69, 9.17) is 5.11 Å². The molecule has 1 aromatic rings. The number of aliphatic hydroxyl groups is 1. The van der Waals surface area contributed by atoms with Gasteiger partial charge < -0.3 is 10.2 Å². The molecule has 2 unspecified atom stereocenters. The molecule has 3 nitrogen and oxygen atoms in total. The Kier molecular flexibility index (Phi) is 5.70. The lowest BCUT2D eigenvalue weighted by Gasteiger charge is -2.19. The van der Waals surface area contributed by atoms with Crippen molar-refractivity contribution in [3.8, 4) is 0 Å². The molecule has 0 aliphatic heterocycles. The van der Waals surface area contributed by atoms with E-state index in [0.29, 0.717) is 6.42 Å². The van der Waals surface area contributed by atoms with Crippen molar-refractivity contribution >= 4 is 5.97 Å². The number of rotatable bonds is 7. The number of benzene rings is 1. The molecular formula is C14H20O3. The SMILES string of the molecule is CCCC(CCc1ccccc1)C(O)C(=O)O. The van der Waals surface area contributed by atoms with E-state index in [1.165, 1.54) is 5.56 Å². The van der Waals surface area contributed by atoms with Gasteiger partial charge in [-0.1, -0.05) is 43.7 Å². The highest BCUT2D eigenvalue weighted by Crippen LogP contribution is 2.19. The molecule has 0 amide bonds. The number of carboxylic acid groups (broad SMARTS) is 1. The van der Waals surface area contributed by atoms with Gasteiger partial charge in [0.1, 0.15) is 0 Å². The monoisotopic (exact) mass is 236 g/mol. The summed E-state index contributed by atoms with van der Waals surface area (Å²) in [6.07, 6.45) is 1.93. The van der Waals surface area contributed by atoms with E-state index < -0.39 is 12.1 Å². The van der Waals surface area contributed by atoms with Gasteiger partial charge in [-0.3, -0.25) is 0 Å². The first-order chi connectivity index (χ1) is 8.15. The Bertz CT molecular complexity index is 335. The van der Waals surface area contributed by atoms with Crippen molar-refractivity contribution in [1.29, 1.82) is 0 Å². The second-order valence-electron chi connectivity index (χ2n) is 4.36. The summed E-state index contributed by atoms with van der Waals surface area (Å²) in [6.45, 7) is 2.00. The van der Waals surface area contributed by atoms with Gasteiger partial charge in [0.2, 0.25) is 0 Å². The molecule has 3 heteroatoms. The molecule has 0 bridgehead atoms. The van der Waals surface area contributed by atoms with Crippen LogP contribution >= 0.6 is 0 Å². The van der Waals surface area contributed by atoms with E-state index in [9.17, 15) is 9.90 Å². The van der Waals surface area contributed by atoms with E-state index in [-0.39, 0.29) is 5.92 Å². The number of aryl methyl sites for hydroxylation is 1. The second-order valence-corrected chi connectivity index (χ2v) is 4.36. The summed E-state index contributed by atoms with van der Waals surface area (Å²) in [7, 11) is 0. The minimum Gasteiger partial charge on any atom is -0.479 e. The summed E-state index contributed by atoms with van der Waals surface area (Å²) in [5.74, 6) is -1.27. The lowest BCUT2D eigenvalue weighted by molar-refractivity contribution is -0.149. The second kappa shape index (κ2) is 7.07. The fourth-order valence-electron chi connectivity index (χ4n) is 2.03. The van der Waals surface area contributed by atoms with Crippen molar-refractivity contribution in [2.45, 2.75) is 38.7 Å². The number of hydrogen-bond acceptors (Lipinski definition) is 2. The molecule has 0 aromatic heterocycles. The van der Waals surface area contributed by atoms with E-state index >= 15 is 0 Å². The van der Waals surface area contributed by atoms with Gasteiger partial charge >= 0.3 is 5.97 Å². The van der Waals surface area contributed by atoms with Crippen molar-refractivity contribution in [3.05, 3.63) is 35.9 Å². The standard InChI is InChI=1S/C14H20O3/c1-2-6-12(13(15)14(16)17)10-9-11-7-4-3-5-8-11/h3-5,7-8,12-13,15H,2,6,9-10H2,1H3,(H,16,17). The molecule has 94 valence electrons. The molecule has 2 atom stereocenters. The Morgan fingerprint density at radius 1 is 1.24 bits per heavy atom. The predicted molar refractivity (Wildman–Crippen MR) is 66.8 cm³/mol. The zero-order valence-electron chi connectivity index (χ0n) is 10.2. The van der Waals surface area contributed by atoms with Crippen LogP contribution in [-0.2, 0) is 11.2 Å². The number of aliphatic hydroxyl groups excluding tert-OH is 1. The molecule has 0 radical (unpaired) electrons. The van der Waals surface area contributed by atoms with Crippen molar-refractivity contribution in [2.24, 2.45) is 5.92 Å². The molecule has 17 heavy (non-hydrogen) atoms. The maximum absolute atomic E-state index is 10.8. The Morgan fingerprint density at radius 3 is 2.41 bits per heavy atom. The van der Waals surface area contributed by atoms with Crippen LogP contribution < -0.4 is 0 Å². The molecule has 0 fully saturated rings. The Hall–Kier alpha value is -1.35. The van der Waals surface area contributed by atoms with Gasteiger partial charge in [0, 0.05) is 0 Å². The molecule has 2 N–H and O–H groups in total. The molecule has 0 aliphatic rings. The Labute approximate surface area is 102 Å². The van der Waals surface area contributed by atoms with Crippen LogP contribution in [0.3, 0.4) is 0 Å². The largest absolute Gasteiger partial charge is 0.479 e. The predicted octanol–water partition coefficient (Wildman–Crippen LogP) is 2.48. The normalized spacial score (nSPS) is 14.2. The van der Waals surface area contributed by atoms with Gasteiger partial charge in [-0.15, -0.1) is 0 Å². The first-order valence-corrected chi connectivity index (χ1v) is 6.10. The summed E-state index contributed by atoms with van der Waals surface area (Å²) >= 11 is 0. The van der Waals surface area contributed by atoms with E-state index in [1.807, 2.05) is 37.3 Å². The third kappa shape index (κ3) is 4.57. The Balaban J connectivity index is 2.52. The number of carboxylic acids is 1. The lowest BCUT2D eigenvalue weighted by atomic mass is 9.90. The van der Waals surface area contributed by atoms with Crippen molar-refractivity contribution in [1.82, 2.24) is 0 Å². The molecule has 0 heterocycles.